The molecule has 0 aliphatic rings. The van der Waals surface area contributed by atoms with Gasteiger partial charge in [-0.05, 0) is 61.9 Å². The summed E-state index contributed by atoms with van der Waals surface area (Å²) in [4.78, 5) is 24.0. The molecule has 1 amide bonds. The Labute approximate surface area is 154 Å². The molecule has 1 atom stereocenters. The van der Waals surface area contributed by atoms with Gasteiger partial charge in [-0.1, -0.05) is 11.6 Å². The molecule has 1 N–H and O–H groups in total. The van der Waals surface area contributed by atoms with Crippen LogP contribution in [0.4, 0.5) is 10.1 Å². The highest BCUT2D eigenvalue weighted by atomic mass is 35.5. The van der Waals surface area contributed by atoms with Crippen molar-refractivity contribution in [2.45, 2.75) is 19.1 Å². The van der Waals surface area contributed by atoms with Gasteiger partial charge in [-0.2, -0.15) is 0 Å². The van der Waals surface area contributed by atoms with Crippen molar-refractivity contribution in [1.29, 1.82) is 0 Å². The van der Waals surface area contributed by atoms with Gasteiger partial charge < -0.3 is 10.1 Å². The van der Waals surface area contributed by atoms with E-state index in [2.05, 4.69) is 5.32 Å². The van der Waals surface area contributed by atoms with Gasteiger partial charge in [0.25, 0.3) is 0 Å². The summed E-state index contributed by atoms with van der Waals surface area (Å²) in [7, 11) is 0. The minimum absolute atomic E-state index is 0.0766. The number of hydrogen-bond donors (Lipinski definition) is 1. The average molecular weight is 382 g/mol. The summed E-state index contributed by atoms with van der Waals surface area (Å²) in [6, 6.07) is 10.4. The molecule has 0 aromatic heterocycles. The second-order valence-corrected chi connectivity index (χ2v) is 7.10. The first-order chi connectivity index (χ1) is 11.8. The molecular formula is C18H17ClFNO3S. The summed E-state index contributed by atoms with van der Waals surface area (Å²) in [6.07, 6.45) is 0. The van der Waals surface area contributed by atoms with E-state index < -0.39 is 11.2 Å². The van der Waals surface area contributed by atoms with E-state index in [0.717, 1.165) is 17.3 Å². The van der Waals surface area contributed by atoms with E-state index in [-0.39, 0.29) is 17.5 Å². The molecule has 132 valence electrons. The third-order valence-electron chi connectivity index (χ3n) is 3.27. The Balaban J connectivity index is 1.82. The van der Waals surface area contributed by atoms with Gasteiger partial charge in [0.15, 0.2) is 0 Å². The van der Waals surface area contributed by atoms with Gasteiger partial charge in [-0.25, -0.2) is 4.39 Å². The molecule has 4 nitrogen and oxygen atoms in total. The standard InChI is InChI=1S/C18H17ClFNO3S/c1-11-9-13(19)3-8-16(11)24-18(23)12(2)25-10-17(22)21-15-6-4-14(20)5-7-15/h3-9,12H,10H2,1-2H3,(H,21,22). The van der Waals surface area contributed by atoms with Gasteiger partial charge in [-0.15, -0.1) is 11.8 Å². The zero-order chi connectivity index (χ0) is 18.4. The summed E-state index contributed by atoms with van der Waals surface area (Å²) in [6.45, 7) is 3.46. The minimum atomic E-state index is -0.519. The van der Waals surface area contributed by atoms with E-state index >= 15 is 0 Å². The number of hydrogen-bond acceptors (Lipinski definition) is 4. The number of rotatable bonds is 6. The van der Waals surface area contributed by atoms with Crippen molar-refractivity contribution in [1.82, 2.24) is 0 Å². The number of ether oxygens (including phenoxy) is 1. The van der Waals surface area contributed by atoms with Crippen molar-refractivity contribution >= 4 is 40.9 Å². The monoisotopic (exact) mass is 381 g/mol. The van der Waals surface area contributed by atoms with Crippen LogP contribution < -0.4 is 10.1 Å². The summed E-state index contributed by atoms with van der Waals surface area (Å²) in [5, 5.41) is 2.68. The predicted molar refractivity (Wildman–Crippen MR) is 98.8 cm³/mol. The lowest BCUT2D eigenvalue weighted by atomic mass is 10.2. The first-order valence-electron chi connectivity index (χ1n) is 7.50. The van der Waals surface area contributed by atoms with Crippen LogP contribution in [-0.2, 0) is 9.59 Å². The fourth-order valence-corrected chi connectivity index (χ4v) is 2.80. The summed E-state index contributed by atoms with van der Waals surface area (Å²) < 4.78 is 18.2. The Morgan fingerprint density at radius 1 is 1.24 bits per heavy atom. The van der Waals surface area contributed by atoms with Crippen LogP contribution in [0, 0.1) is 12.7 Å². The van der Waals surface area contributed by atoms with Gasteiger partial charge in [0.2, 0.25) is 5.91 Å². The highest BCUT2D eigenvalue weighted by molar-refractivity contribution is 8.01. The molecule has 1 unspecified atom stereocenters. The Bertz CT molecular complexity index is 767. The maximum atomic E-state index is 12.8. The fraction of sp³-hybridized carbons (Fsp3) is 0.222. The molecular weight excluding hydrogens is 365 g/mol. The number of aryl methyl sites for hydroxylation is 1. The maximum Gasteiger partial charge on any atom is 0.324 e. The summed E-state index contributed by atoms with van der Waals surface area (Å²) in [5.74, 6) is -0.574. The highest BCUT2D eigenvalue weighted by Gasteiger charge is 2.18. The normalized spacial score (nSPS) is 11.7. The fourth-order valence-electron chi connectivity index (χ4n) is 1.92. The van der Waals surface area contributed by atoms with Crippen LogP contribution in [0.5, 0.6) is 5.75 Å². The Hall–Kier alpha value is -2.05. The second kappa shape index (κ2) is 8.87. The zero-order valence-corrected chi connectivity index (χ0v) is 15.3. The Kier molecular flexibility index (Phi) is 6.84. The van der Waals surface area contributed by atoms with E-state index in [1.54, 1.807) is 32.0 Å². The average Bonchev–Trinajstić information content (AvgIpc) is 2.57. The molecule has 25 heavy (non-hydrogen) atoms. The molecule has 0 saturated carbocycles. The van der Waals surface area contributed by atoms with E-state index in [1.807, 2.05) is 0 Å². The van der Waals surface area contributed by atoms with Crippen molar-refractivity contribution in [3.8, 4) is 5.75 Å². The minimum Gasteiger partial charge on any atom is -0.425 e. The number of carbonyl (C=O) groups is 2. The third-order valence-corrected chi connectivity index (χ3v) is 4.63. The quantitative estimate of drug-likeness (QED) is 0.593. The van der Waals surface area contributed by atoms with Gasteiger partial charge in [0, 0.05) is 10.7 Å². The number of nitrogens with one attached hydrogen (secondary N) is 1. The van der Waals surface area contributed by atoms with E-state index in [4.69, 9.17) is 16.3 Å². The Morgan fingerprint density at radius 2 is 1.92 bits per heavy atom. The third kappa shape index (κ3) is 6.07. The Morgan fingerprint density at radius 3 is 2.56 bits per heavy atom. The van der Waals surface area contributed by atoms with Gasteiger partial charge in [0.1, 0.15) is 16.8 Å². The van der Waals surface area contributed by atoms with Crippen LogP contribution in [0.1, 0.15) is 12.5 Å². The predicted octanol–water partition coefficient (Wildman–Crippen LogP) is 4.45. The maximum absolute atomic E-state index is 12.8. The molecule has 0 heterocycles. The van der Waals surface area contributed by atoms with Gasteiger partial charge in [-0.3, -0.25) is 9.59 Å². The summed E-state index contributed by atoms with van der Waals surface area (Å²) >= 11 is 7.02. The lowest BCUT2D eigenvalue weighted by molar-refractivity contribution is -0.133. The number of anilines is 1. The van der Waals surface area contributed by atoms with Gasteiger partial charge in [0.05, 0.1) is 5.75 Å². The molecule has 0 aliphatic heterocycles. The molecule has 2 aromatic rings. The highest BCUT2D eigenvalue weighted by Crippen LogP contribution is 2.23. The largest absolute Gasteiger partial charge is 0.425 e. The zero-order valence-electron chi connectivity index (χ0n) is 13.7. The molecule has 7 heteroatoms. The van der Waals surface area contributed by atoms with Crippen LogP contribution in [-0.4, -0.2) is 22.9 Å². The van der Waals surface area contributed by atoms with E-state index in [1.165, 1.54) is 24.3 Å². The van der Waals surface area contributed by atoms with Crippen LogP contribution in [0.3, 0.4) is 0 Å². The van der Waals surface area contributed by atoms with Crippen LogP contribution in [0.15, 0.2) is 42.5 Å². The molecule has 0 bridgehead atoms. The van der Waals surface area contributed by atoms with Crippen molar-refractivity contribution < 1.29 is 18.7 Å². The number of thioether (sulfide) groups is 1. The molecule has 0 aliphatic carbocycles. The van der Waals surface area contributed by atoms with E-state index in [9.17, 15) is 14.0 Å². The van der Waals surface area contributed by atoms with Crippen molar-refractivity contribution in [2.24, 2.45) is 0 Å². The number of amides is 1. The molecule has 0 spiro atoms. The van der Waals surface area contributed by atoms with Gasteiger partial charge >= 0.3 is 5.97 Å². The smallest absolute Gasteiger partial charge is 0.324 e. The molecule has 2 rings (SSSR count). The van der Waals surface area contributed by atoms with Crippen LogP contribution in [0.25, 0.3) is 0 Å². The van der Waals surface area contributed by atoms with Crippen LogP contribution >= 0.6 is 23.4 Å². The number of esters is 1. The van der Waals surface area contributed by atoms with Crippen molar-refractivity contribution in [3.05, 3.63) is 58.9 Å². The number of halogens is 2. The summed E-state index contributed by atoms with van der Waals surface area (Å²) in [5.41, 5.74) is 1.26. The molecule has 2 aromatic carbocycles. The molecule has 0 saturated heterocycles. The van der Waals surface area contributed by atoms with Crippen molar-refractivity contribution in [2.75, 3.05) is 11.1 Å². The number of carbonyl (C=O) groups excluding carboxylic acids is 2. The second-order valence-electron chi connectivity index (χ2n) is 5.34. The first-order valence-corrected chi connectivity index (χ1v) is 8.92. The van der Waals surface area contributed by atoms with Crippen LogP contribution in [0.2, 0.25) is 5.02 Å². The number of benzene rings is 2. The topological polar surface area (TPSA) is 55.4 Å². The molecule has 0 radical (unpaired) electrons. The lowest BCUT2D eigenvalue weighted by Crippen LogP contribution is -2.23. The molecule has 0 fully saturated rings. The van der Waals surface area contributed by atoms with E-state index in [0.29, 0.717) is 16.5 Å². The van der Waals surface area contributed by atoms with Crippen molar-refractivity contribution in [3.63, 3.8) is 0 Å². The first kappa shape index (κ1) is 19.3. The SMILES string of the molecule is Cc1cc(Cl)ccc1OC(=O)C(C)SCC(=O)Nc1ccc(F)cc1. The lowest BCUT2D eigenvalue weighted by Gasteiger charge is -2.12.